The Morgan fingerprint density at radius 3 is 0.949 bits per heavy atom. The lowest BCUT2D eigenvalue weighted by Gasteiger charge is -2.30. The normalized spacial score (nSPS) is 11.6. The number of unbranched alkanes of at least 4 members (excludes halogenated alkanes) is 20. The molecule has 0 rings (SSSR count). The molecule has 0 aromatic carbocycles. The minimum atomic E-state index is -1.13. The number of ether oxygens (including phenoxy) is 2. The van der Waals surface area contributed by atoms with Gasteiger partial charge in [0.2, 0.25) is 0 Å². The van der Waals surface area contributed by atoms with Crippen molar-refractivity contribution < 1.29 is 19.1 Å². The zero-order valence-electron chi connectivity index (χ0n) is 26.9. The highest BCUT2D eigenvalue weighted by molar-refractivity contribution is 6.00. The van der Waals surface area contributed by atoms with Crippen molar-refractivity contribution in [1.82, 2.24) is 0 Å². The molecular formula is C35H68O4. The van der Waals surface area contributed by atoms with Crippen LogP contribution in [0.5, 0.6) is 0 Å². The molecule has 0 aliphatic carbocycles. The summed E-state index contributed by atoms with van der Waals surface area (Å²) in [5.41, 5.74) is -1.13. The van der Waals surface area contributed by atoms with E-state index in [2.05, 4.69) is 27.7 Å². The van der Waals surface area contributed by atoms with Crippen LogP contribution in [0.1, 0.15) is 195 Å². The SMILES string of the molecule is CCCCCCCCOC(=O)C(CCCCCCCC)(CCCCCCCC)C(=O)OCCCCCCCC. The van der Waals surface area contributed by atoms with Crippen LogP contribution in [0.4, 0.5) is 0 Å². The standard InChI is InChI=1S/C35H68O4/c1-5-9-13-17-21-25-29-35(30-26-22-18-14-10-6-2,33(36)38-31-27-23-19-15-11-7-3)34(37)39-32-28-24-20-16-12-8-4/h5-32H2,1-4H3. The van der Waals surface area contributed by atoms with Gasteiger partial charge >= 0.3 is 11.9 Å². The van der Waals surface area contributed by atoms with E-state index in [0.717, 1.165) is 51.4 Å². The topological polar surface area (TPSA) is 52.6 Å². The van der Waals surface area contributed by atoms with E-state index in [9.17, 15) is 9.59 Å². The lowest BCUT2D eigenvalue weighted by Crippen LogP contribution is -2.42. The van der Waals surface area contributed by atoms with Gasteiger partial charge in [-0.1, -0.05) is 169 Å². The Morgan fingerprint density at radius 1 is 0.385 bits per heavy atom. The third-order valence-corrected chi connectivity index (χ3v) is 8.16. The summed E-state index contributed by atoms with van der Waals surface area (Å²) in [7, 11) is 0. The zero-order valence-corrected chi connectivity index (χ0v) is 26.9. The first-order chi connectivity index (χ1) is 19.1. The second-order valence-corrected chi connectivity index (χ2v) is 11.9. The van der Waals surface area contributed by atoms with Gasteiger partial charge in [0.1, 0.15) is 0 Å². The Bertz CT molecular complexity index is 497. The number of carbonyl (C=O) groups is 2. The molecule has 4 heteroatoms. The summed E-state index contributed by atoms with van der Waals surface area (Å²) in [6.45, 7) is 9.74. The molecule has 0 aliphatic heterocycles. The maximum atomic E-state index is 13.7. The van der Waals surface area contributed by atoms with Gasteiger partial charge in [0.05, 0.1) is 13.2 Å². The third-order valence-electron chi connectivity index (χ3n) is 8.16. The van der Waals surface area contributed by atoms with E-state index in [-0.39, 0.29) is 11.9 Å². The molecular weight excluding hydrogens is 484 g/mol. The van der Waals surface area contributed by atoms with Crippen molar-refractivity contribution in [3.63, 3.8) is 0 Å². The van der Waals surface area contributed by atoms with Gasteiger partial charge in [0, 0.05) is 0 Å². The molecule has 0 spiro atoms. The lowest BCUT2D eigenvalue weighted by molar-refractivity contribution is -0.174. The fourth-order valence-corrected chi connectivity index (χ4v) is 5.40. The van der Waals surface area contributed by atoms with Crippen molar-refractivity contribution in [3.05, 3.63) is 0 Å². The molecule has 0 fully saturated rings. The second kappa shape index (κ2) is 28.5. The van der Waals surface area contributed by atoms with E-state index in [0.29, 0.717) is 26.1 Å². The van der Waals surface area contributed by atoms with Crippen molar-refractivity contribution in [2.75, 3.05) is 13.2 Å². The largest absolute Gasteiger partial charge is 0.465 e. The van der Waals surface area contributed by atoms with Crippen LogP contribution in [-0.2, 0) is 19.1 Å². The Morgan fingerprint density at radius 2 is 0.641 bits per heavy atom. The van der Waals surface area contributed by atoms with Gasteiger partial charge < -0.3 is 9.47 Å². The molecule has 0 radical (unpaired) electrons. The number of rotatable bonds is 30. The van der Waals surface area contributed by atoms with E-state index in [1.54, 1.807) is 0 Å². The highest BCUT2D eigenvalue weighted by Gasteiger charge is 2.47. The quantitative estimate of drug-likeness (QED) is 0.0505. The predicted octanol–water partition coefficient (Wildman–Crippen LogP) is 11.3. The average Bonchev–Trinajstić information content (AvgIpc) is 2.94. The second-order valence-electron chi connectivity index (χ2n) is 11.9. The van der Waals surface area contributed by atoms with Crippen molar-refractivity contribution >= 4 is 11.9 Å². The molecule has 0 amide bonds. The molecule has 0 aliphatic rings. The van der Waals surface area contributed by atoms with Crippen molar-refractivity contribution in [1.29, 1.82) is 0 Å². The van der Waals surface area contributed by atoms with Gasteiger partial charge in [-0.25, -0.2) is 0 Å². The fourth-order valence-electron chi connectivity index (χ4n) is 5.40. The molecule has 0 atom stereocenters. The maximum Gasteiger partial charge on any atom is 0.323 e. The molecule has 0 heterocycles. The number of hydrogen-bond acceptors (Lipinski definition) is 4. The Hall–Kier alpha value is -1.06. The van der Waals surface area contributed by atoms with E-state index >= 15 is 0 Å². The predicted molar refractivity (Wildman–Crippen MR) is 167 cm³/mol. The van der Waals surface area contributed by atoms with Crippen LogP contribution in [0.3, 0.4) is 0 Å². The van der Waals surface area contributed by atoms with E-state index in [1.807, 2.05) is 0 Å². The zero-order chi connectivity index (χ0) is 28.9. The number of hydrogen-bond donors (Lipinski definition) is 0. The Balaban J connectivity index is 5.21. The van der Waals surface area contributed by atoms with Gasteiger partial charge in [0.15, 0.2) is 5.41 Å². The minimum absolute atomic E-state index is 0.314. The lowest BCUT2D eigenvalue weighted by atomic mass is 9.77. The van der Waals surface area contributed by atoms with Crippen LogP contribution < -0.4 is 0 Å². The number of esters is 2. The summed E-state index contributed by atoms with van der Waals surface area (Å²) in [4.78, 5) is 27.3. The molecule has 4 nitrogen and oxygen atoms in total. The molecule has 232 valence electrons. The van der Waals surface area contributed by atoms with Crippen LogP contribution in [0.2, 0.25) is 0 Å². The Labute approximate surface area is 244 Å². The summed E-state index contributed by atoms with van der Waals surface area (Å²) in [6.07, 6.45) is 28.6. The van der Waals surface area contributed by atoms with Gasteiger partial charge in [-0.15, -0.1) is 0 Å². The van der Waals surface area contributed by atoms with Crippen LogP contribution in [0.15, 0.2) is 0 Å². The van der Waals surface area contributed by atoms with E-state index in [4.69, 9.17) is 9.47 Å². The van der Waals surface area contributed by atoms with Gasteiger partial charge in [-0.05, 0) is 25.7 Å². The maximum absolute atomic E-state index is 13.7. The van der Waals surface area contributed by atoms with Crippen LogP contribution in [0, 0.1) is 5.41 Å². The minimum Gasteiger partial charge on any atom is -0.465 e. The highest BCUT2D eigenvalue weighted by atomic mass is 16.6. The third kappa shape index (κ3) is 20.5. The molecule has 0 unspecified atom stereocenters. The number of carbonyl (C=O) groups excluding carboxylic acids is 2. The van der Waals surface area contributed by atoms with Crippen molar-refractivity contribution in [2.45, 2.75) is 195 Å². The first kappa shape index (κ1) is 37.9. The summed E-state index contributed by atoms with van der Waals surface area (Å²) in [5.74, 6) is -0.628. The summed E-state index contributed by atoms with van der Waals surface area (Å²) in [5, 5.41) is 0. The molecule has 0 saturated carbocycles. The molecule has 0 bridgehead atoms. The van der Waals surface area contributed by atoms with Crippen molar-refractivity contribution in [2.24, 2.45) is 5.41 Å². The summed E-state index contributed by atoms with van der Waals surface area (Å²) < 4.78 is 11.7. The summed E-state index contributed by atoms with van der Waals surface area (Å²) in [6, 6.07) is 0. The highest BCUT2D eigenvalue weighted by Crippen LogP contribution is 2.36. The first-order valence-corrected chi connectivity index (χ1v) is 17.4. The average molecular weight is 553 g/mol. The van der Waals surface area contributed by atoms with Crippen LogP contribution in [0.25, 0.3) is 0 Å². The Kier molecular flexibility index (Phi) is 27.7. The van der Waals surface area contributed by atoms with Crippen LogP contribution >= 0.6 is 0 Å². The molecule has 0 saturated heterocycles. The smallest absolute Gasteiger partial charge is 0.323 e. The van der Waals surface area contributed by atoms with Gasteiger partial charge in [-0.3, -0.25) is 9.59 Å². The fraction of sp³-hybridized carbons (Fsp3) is 0.943. The molecule has 0 aromatic heterocycles. The first-order valence-electron chi connectivity index (χ1n) is 17.4. The molecule has 0 aromatic rings. The van der Waals surface area contributed by atoms with E-state index in [1.165, 1.54) is 103 Å². The van der Waals surface area contributed by atoms with E-state index < -0.39 is 5.41 Å². The van der Waals surface area contributed by atoms with Crippen LogP contribution in [-0.4, -0.2) is 25.2 Å². The summed E-state index contributed by atoms with van der Waals surface area (Å²) >= 11 is 0. The van der Waals surface area contributed by atoms with Gasteiger partial charge in [-0.2, -0.15) is 0 Å². The molecule has 0 N–H and O–H groups in total. The van der Waals surface area contributed by atoms with Crippen molar-refractivity contribution in [3.8, 4) is 0 Å². The van der Waals surface area contributed by atoms with Gasteiger partial charge in [0.25, 0.3) is 0 Å². The molecule has 39 heavy (non-hydrogen) atoms. The monoisotopic (exact) mass is 553 g/mol.